The molecule has 1 heterocycles. The van der Waals surface area contributed by atoms with Gasteiger partial charge in [-0.25, -0.2) is 8.42 Å². The number of rotatable bonds is 4. The van der Waals surface area contributed by atoms with Crippen molar-refractivity contribution in [3.8, 4) is 0 Å². The minimum atomic E-state index is -3.61. The quantitative estimate of drug-likeness (QED) is 0.893. The van der Waals surface area contributed by atoms with Gasteiger partial charge in [0.2, 0.25) is 15.9 Å². The summed E-state index contributed by atoms with van der Waals surface area (Å²) in [6.07, 6.45) is 9.36. The Morgan fingerprint density at radius 2 is 1.56 bits per heavy atom. The summed E-state index contributed by atoms with van der Waals surface area (Å²) in [5.41, 5.74) is 0. The van der Waals surface area contributed by atoms with Crippen molar-refractivity contribution in [3.63, 3.8) is 0 Å². The van der Waals surface area contributed by atoms with E-state index in [1.54, 1.807) is 30.3 Å². The van der Waals surface area contributed by atoms with E-state index in [1.807, 2.05) is 0 Å². The highest BCUT2D eigenvalue weighted by Crippen LogP contribution is 2.26. The third-order valence-corrected chi connectivity index (χ3v) is 7.23. The van der Waals surface area contributed by atoms with Crippen molar-refractivity contribution in [1.29, 1.82) is 0 Å². The maximum atomic E-state index is 12.9. The summed E-state index contributed by atoms with van der Waals surface area (Å²) in [7, 11) is -3.61. The van der Waals surface area contributed by atoms with Crippen molar-refractivity contribution in [2.75, 3.05) is 6.54 Å². The fourth-order valence-electron chi connectivity index (χ4n) is 3.92. The Labute approximate surface area is 150 Å². The first kappa shape index (κ1) is 18.4. The predicted molar refractivity (Wildman–Crippen MR) is 97.6 cm³/mol. The zero-order valence-electron chi connectivity index (χ0n) is 14.7. The SMILES string of the molecule is O=C(NC1CCCCCCC1)[C@@H]1CCCN1S(=O)(=O)c1ccccc1. The maximum absolute atomic E-state index is 12.9. The largest absolute Gasteiger partial charge is 0.352 e. The van der Waals surface area contributed by atoms with Crippen molar-refractivity contribution in [1.82, 2.24) is 9.62 Å². The molecule has 0 radical (unpaired) electrons. The lowest BCUT2D eigenvalue weighted by Crippen LogP contribution is -2.48. The lowest BCUT2D eigenvalue weighted by Gasteiger charge is -2.27. The van der Waals surface area contributed by atoms with Crippen LogP contribution < -0.4 is 5.32 Å². The van der Waals surface area contributed by atoms with Gasteiger partial charge in [0, 0.05) is 12.6 Å². The van der Waals surface area contributed by atoms with Gasteiger partial charge < -0.3 is 5.32 Å². The number of carbonyl (C=O) groups excluding carboxylic acids is 1. The van der Waals surface area contributed by atoms with Gasteiger partial charge in [-0.2, -0.15) is 4.31 Å². The van der Waals surface area contributed by atoms with Crippen molar-refractivity contribution in [2.45, 2.75) is 74.8 Å². The molecule has 0 bridgehead atoms. The topological polar surface area (TPSA) is 66.5 Å². The standard InChI is InChI=1S/C19H28N2O3S/c22-19(20-16-10-5-2-1-3-6-11-16)18-14-9-15-21(18)25(23,24)17-12-7-4-8-13-17/h4,7-8,12-13,16,18H,1-3,5-6,9-11,14-15H2,(H,20,22)/t18-/m0/s1. The van der Waals surface area contributed by atoms with E-state index in [4.69, 9.17) is 0 Å². The fourth-order valence-corrected chi connectivity index (χ4v) is 5.59. The molecular weight excluding hydrogens is 336 g/mol. The number of carbonyl (C=O) groups is 1. The van der Waals surface area contributed by atoms with Gasteiger partial charge in [-0.15, -0.1) is 0 Å². The number of nitrogens with zero attached hydrogens (tertiary/aromatic N) is 1. The van der Waals surface area contributed by atoms with Crippen molar-refractivity contribution < 1.29 is 13.2 Å². The third-order valence-electron chi connectivity index (χ3n) is 5.31. The molecule has 1 N–H and O–H groups in total. The molecule has 1 aromatic carbocycles. The Bertz CT molecular complexity index is 667. The van der Waals surface area contributed by atoms with Crippen LogP contribution in [0.15, 0.2) is 35.2 Å². The fraction of sp³-hybridized carbons (Fsp3) is 0.632. The van der Waals surface area contributed by atoms with Crippen molar-refractivity contribution in [2.24, 2.45) is 0 Å². The van der Waals surface area contributed by atoms with Gasteiger partial charge in [0.25, 0.3) is 0 Å². The zero-order chi connectivity index (χ0) is 17.7. The first-order valence-electron chi connectivity index (χ1n) is 9.46. The van der Waals surface area contributed by atoms with Crippen molar-refractivity contribution >= 4 is 15.9 Å². The summed E-state index contributed by atoms with van der Waals surface area (Å²) in [6.45, 7) is 0.417. The Hall–Kier alpha value is -1.40. The predicted octanol–water partition coefficient (Wildman–Crippen LogP) is 3.07. The molecule has 1 aromatic rings. The molecule has 5 nitrogen and oxygen atoms in total. The van der Waals surface area contributed by atoms with Gasteiger partial charge in [-0.1, -0.05) is 50.3 Å². The number of benzene rings is 1. The van der Waals surface area contributed by atoms with Crippen LogP contribution in [0.2, 0.25) is 0 Å². The Morgan fingerprint density at radius 3 is 2.24 bits per heavy atom. The normalized spacial score (nSPS) is 23.8. The minimum Gasteiger partial charge on any atom is -0.352 e. The van der Waals surface area contributed by atoms with Gasteiger partial charge in [-0.3, -0.25) is 4.79 Å². The number of sulfonamides is 1. The van der Waals surface area contributed by atoms with Gasteiger partial charge in [-0.05, 0) is 37.8 Å². The number of hydrogen-bond acceptors (Lipinski definition) is 3. The third kappa shape index (κ3) is 4.42. The van der Waals surface area contributed by atoms with Gasteiger partial charge in [0.05, 0.1) is 4.90 Å². The molecule has 1 amide bonds. The first-order valence-corrected chi connectivity index (χ1v) is 10.9. The molecule has 25 heavy (non-hydrogen) atoms. The second kappa shape index (κ2) is 8.32. The zero-order valence-corrected chi connectivity index (χ0v) is 15.5. The summed E-state index contributed by atoms with van der Waals surface area (Å²) >= 11 is 0. The number of nitrogens with one attached hydrogen (secondary N) is 1. The summed E-state index contributed by atoms with van der Waals surface area (Å²) in [5.74, 6) is -0.123. The van der Waals surface area contributed by atoms with E-state index in [-0.39, 0.29) is 16.8 Å². The van der Waals surface area contributed by atoms with Crippen LogP contribution in [0.1, 0.15) is 57.8 Å². The van der Waals surface area contributed by atoms with E-state index >= 15 is 0 Å². The highest BCUT2D eigenvalue weighted by molar-refractivity contribution is 7.89. The molecule has 1 saturated heterocycles. The Morgan fingerprint density at radius 1 is 0.920 bits per heavy atom. The van der Waals surface area contributed by atoms with Crippen LogP contribution in [-0.4, -0.2) is 37.3 Å². The van der Waals surface area contributed by atoms with E-state index in [9.17, 15) is 13.2 Å². The van der Waals surface area contributed by atoms with E-state index < -0.39 is 16.1 Å². The summed E-state index contributed by atoms with van der Waals surface area (Å²) in [4.78, 5) is 13.0. The van der Waals surface area contributed by atoms with E-state index in [0.717, 1.165) is 32.1 Å². The molecule has 0 unspecified atom stereocenters. The molecule has 138 valence electrons. The molecule has 1 aliphatic carbocycles. The van der Waals surface area contributed by atoms with Gasteiger partial charge in [0.1, 0.15) is 6.04 Å². The number of amides is 1. The molecule has 0 aromatic heterocycles. The average molecular weight is 365 g/mol. The van der Waals surface area contributed by atoms with E-state index in [0.29, 0.717) is 13.0 Å². The molecule has 2 fully saturated rings. The van der Waals surface area contributed by atoms with Crippen LogP contribution in [0.25, 0.3) is 0 Å². The Kier molecular flexibility index (Phi) is 6.12. The maximum Gasteiger partial charge on any atom is 0.243 e. The van der Waals surface area contributed by atoms with Gasteiger partial charge >= 0.3 is 0 Å². The monoisotopic (exact) mass is 364 g/mol. The summed E-state index contributed by atoms with van der Waals surface area (Å²) < 4.78 is 27.2. The van der Waals surface area contributed by atoms with Crippen LogP contribution in [0, 0.1) is 0 Å². The average Bonchev–Trinajstić information content (AvgIpc) is 3.08. The van der Waals surface area contributed by atoms with Crippen LogP contribution in [0.3, 0.4) is 0 Å². The second-order valence-corrected chi connectivity index (χ2v) is 9.03. The molecule has 1 saturated carbocycles. The molecular formula is C19H28N2O3S. The molecule has 1 atom stereocenters. The van der Waals surface area contributed by atoms with Crippen LogP contribution >= 0.6 is 0 Å². The second-order valence-electron chi connectivity index (χ2n) is 7.14. The lowest BCUT2D eigenvalue weighted by molar-refractivity contribution is -0.125. The lowest BCUT2D eigenvalue weighted by atomic mass is 9.96. The smallest absolute Gasteiger partial charge is 0.243 e. The number of hydrogen-bond donors (Lipinski definition) is 1. The van der Waals surface area contributed by atoms with Crippen LogP contribution in [0.4, 0.5) is 0 Å². The molecule has 2 aliphatic rings. The highest BCUT2D eigenvalue weighted by atomic mass is 32.2. The molecule has 6 heteroatoms. The van der Waals surface area contributed by atoms with E-state index in [1.165, 1.54) is 23.6 Å². The van der Waals surface area contributed by atoms with Crippen molar-refractivity contribution in [3.05, 3.63) is 30.3 Å². The van der Waals surface area contributed by atoms with E-state index in [2.05, 4.69) is 5.32 Å². The molecule has 0 spiro atoms. The first-order chi connectivity index (χ1) is 12.1. The molecule has 3 rings (SSSR count). The van der Waals surface area contributed by atoms with Gasteiger partial charge in [0.15, 0.2) is 0 Å². The summed E-state index contributed by atoms with van der Waals surface area (Å²) in [6, 6.07) is 8.03. The highest BCUT2D eigenvalue weighted by Gasteiger charge is 2.39. The minimum absolute atomic E-state index is 0.123. The van der Waals surface area contributed by atoms with Crippen LogP contribution in [-0.2, 0) is 14.8 Å². The molecule has 1 aliphatic heterocycles. The summed E-state index contributed by atoms with van der Waals surface area (Å²) in [5, 5.41) is 3.14. The Balaban J connectivity index is 1.69. The van der Waals surface area contributed by atoms with Crippen LogP contribution in [0.5, 0.6) is 0 Å².